The summed E-state index contributed by atoms with van der Waals surface area (Å²) in [6.07, 6.45) is 2.04. The molecule has 1 atom stereocenters. The number of carbonyl (C=O) groups excluding carboxylic acids is 1. The number of carbonyl (C=O) groups is 3. The minimum atomic E-state index is -1.46. The zero-order valence-corrected chi connectivity index (χ0v) is 8.66. The summed E-state index contributed by atoms with van der Waals surface area (Å²) in [7, 11) is 0. The van der Waals surface area contributed by atoms with E-state index in [2.05, 4.69) is 10.3 Å². The quantitative estimate of drug-likeness (QED) is 0.650. The van der Waals surface area contributed by atoms with E-state index in [9.17, 15) is 14.4 Å². The standard InChI is InChI=1S/C10H10N2O5/c13-8(14)4-7(10(16)17)12-9(15)6-2-1-3-11-5-6/h1-3,5,7H,4H2,(H,12,15)(H,13,14)(H,16,17)/t7-/m1/s1. The van der Waals surface area contributed by atoms with Gasteiger partial charge in [-0.15, -0.1) is 0 Å². The Balaban J connectivity index is 2.71. The van der Waals surface area contributed by atoms with Crippen molar-refractivity contribution in [3.63, 3.8) is 0 Å². The predicted octanol–water partition coefficient (Wildman–Crippen LogP) is -0.261. The van der Waals surface area contributed by atoms with Gasteiger partial charge in [-0.2, -0.15) is 0 Å². The van der Waals surface area contributed by atoms with Crippen LogP contribution in [-0.4, -0.2) is 39.1 Å². The van der Waals surface area contributed by atoms with Crippen molar-refractivity contribution in [1.29, 1.82) is 0 Å². The van der Waals surface area contributed by atoms with Gasteiger partial charge in [0.15, 0.2) is 0 Å². The first-order valence-electron chi connectivity index (χ1n) is 4.66. The van der Waals surface area contributed by atoms with E-state index in [1.165, 1.54) is 24.5 Å². The Bertz CT molecular complexity index is 432. The largest absolute Gasteiger partial charge is 0.481 e. The molecule has 7 nitrogen and oxygen atoms in total. The summed E-state index contributed by atoms with van der Waals surface area (Å²) >= 11 is 0. The van der Waals surface area contributed by atoms with Crippen molar-refractivity contribution in [2.75, 3.05) is 0 Å². The molecule has 0 aliphatic carbocycles. The average molecular weight is 238 g/mol. The predicted molar refractivity (Wildman–Crippen MR) is 55.4 cm³/mol. The fraction of sp³-hybridized carbons (Fsp3) is 0.200. The molecule has 0 radical (unpaired) electrons. The lowest BCUT2D eigenvalue weighted by Gasteiger charge is -2.11. The summed E-state index contributed by atoms with van der Waals surface area (Å²) in [5.74, 6) is -3.37. The fourth-order valence-electron chi connectivity index (χ4n) is 1.11. The molecule has 3 N–H and O–H groups in total. The topological polar surface area (TPSA) is 117 Å². The van der Waals surface area contributed by atoms with E-state index in [4.69, 9.17) is 10.2 Å². The van der Waals surface area contributed by atoms with Crippen molar-refractivity contribution in [1.82, 2.24) is 10.3 Å². The van der Waals surface area contributed by atoms with Gasteiger partial charge in [0.2, 0.25) is 0 Å². The molecule has 0 aliphatic rings. The first-order valence-corrected chi connectivity index (χ1v) is 4.66. The Kier molecular flexibility index (Phi) is 4.15. The van der Waals surface area contributed by atoms with Crippen molar-refractivity contribution < 1.29 is 24.6 Å². The van der Waals surface area contributed by atoms with Crippen molar-refractivity contribution in [3.8, 4) is 0 Å². The number of aromatic nitrogens is 1. The van der Waals surface area contributed by atoms with E-state index in [0.717, 1.165) is 0 Å². The number of carboxylic acids is 2. The van der Waals surface area contributed by atoms with Crippen molar-refractivity contribution in [3.05, 3.63) is 30.1 Å². The molecule has 17 heavy (non-hydrogen) atoms. The summed E-state index contributed by atoms with van der Waals surface area (Å²) in [5.41, 5.74) is 0.170. The van der Waals surface area contributed by atoms with Crippen LogP contribution in [0.5, 0.6) is 0 Å². The monoisotopic (exact) mass is 238 g/mol. The zero-order chi connectivity index (χ0) is 12.8. The van der Waals surface area contributed by atoms with Crippen LogP contribution >= 0.6 is 0 Å². The smallest absolute Gasteiger partial charge is 0.326 e. The summed E-state index contributed by atoms with van der Waals surface area (Å²) in [6, 6.07) is 1.50. The maximum Gasteiger partial charge on any atom is 0.326 e. The van der Waals surface area contributed by atoms with Gasteiger partial charge < -0.3 is 15.5 Å². The first kappa shape index (κ1) is 12.6. The highest BCUT2D eigenvalue weighted by atomic mass is 16.4. The second-order valence-corrected chi connectivity index (χ2v) is 3.20. The van der Waals surface area contributed by atoms with E-state index in [1.807, 2.05) is 0 Å². The van der Waals surface area contributed by atoms with Gasteiger partial charge >= 0.3 is 11.9 Å². The highest BCUT2D eigenvalue weighted by molar-refractivity contribution is 5.97. The number of rotatable bonds is 5. The van der Waals surface area contributed by atoms with Crippen LogP contribution in [0.15, 0.2) is 24.5 Å². The van der Waals surface area contributed by atoms with Crippen molar-refractivity contribution in [2.45, 2.75) is 12.5 Å². The molecule has 90 valence electrons. The lowest BCUT2D eigenvalue weighted by molar-refractivity contribution is -0.145. The number of aliphatic carboxylic acids is 2. The third kappa shape index (κ3) is 3.90. The van der Waals surface area contributed by atoms with Gasteiger partial charge in [-0.3, -0.25) is 14.6 Å². The highest BCUT2D eigenvalue weighted by Gasteiger charge is 2.23. The number of nitrogens with one attached hydrogen (secondary N) is 1. The summed E-state index contributed by atoms with van der Waals surface area (Å²) < 4.78 is 0. The van der Waals surface area contributed by atoms with E-state index >= 15 is 0 Å². The summed E-state index contributed by atoms with van der Waals surface area (Å²) in [6.45, 7) is 0. The van der Waals surface area contributed by atoms with E-state index in [1.54, 1.807) is 0 Å². The van der Waals surface area contributed by atoms with Crippen LogP contribution in [0.3, 0.4) is 0 Å². The molecule has 0 fully saturated rings. The molecule has 1 rings (SSSR count). The van der Waals surface area contributed by atoms with E-state index in [0.29, 0.717) is 0 Å². The summed E-state index contributed by atoms with van der Waals surface area (Å²) in [5, 5.41) is 19.3. The third-order valence-corrected chi connectivity index (χ3v) is 1.91. The lowest BCUT2D eigenvalue weighted by atomic mass is 10.2. The molecule has 0 bridgehead atoms. The molecule has 0 saturated carbocycles. The molecule has 1 amide bonds. The average Bonchev–Trinajstić information content (AvgIpc) is 2.28. The van der Waals surface area contributed by atoms with Gasteiger partial charge in [0.1, 0.15) is 6.04 Å². The van der Waals surface area contributed by atoms with Gasteiger partial charge in [-0.25, -0.2) is 4.79 Å². The first-order chi connectivity index (χ1) is 8.00. The molecule has 0 saturated heterocycles. The maximum absolute atomic E-state index is 11.5. The number of carboxylic acid groups (broad SMARTS) is 2. The van der Waals surface area contributed by atoms with Crippen molar-refractivity contribution in [2.24, 2.45) is 0 Å². The molecule has 1 aromatic rings. The van der Waals surface area contributed by atoms with Crippen LogP contribution in [0.25, 0.3) is 0 Å². The Morgan fingerprint density at radius 3 is 2.53 bits per heavy atom. The number of amides is 1. The van der Waals surface area contributed by atoms with Crippen LogP contribution in [0.4, 0.5) is 0 Å². The van der Waals surface area contributed by atoms with Gasteiger partial charge in [0.05, 0.1) is 12.0 Å². The van der Waals surface area contributed by atoms with Crippen LogP contribution in [-0.2, 0) is 9.59 Å². The second-order valence-electron chi connectivity index (χ2n) is 3.20. The van der Waals surface area contributed by atoms with E-state index < -0.39 is 30.3 Å². The van der Waals surface area contributed by atoms with Crippen molar-refractivity contribution >= 4 is 17.8 Å². The molecule has 7 heteroatoms. The normalized spacial score (nSPS) is 11.5. The molecular formula is C10H10N2O5. The van der Waals surface area contributed by atoms with Gasteiger partial charge in [0, 0.05) is 12.4 Å². The molecule has 0 spiro atoms. The van der Waals surface area contributed by atoms with Crippen LogP contribution in [0.1, 0.15) is 16.8 Å². The Labute approximate surface area is 96.1 Å². The van der Waals surface area contributed by atoms with Crippen LogP contribution in [0.2, 0.25) is 0 Å². The molecule has 0 aliphatic heterocycles. The molecular weight excluding hydrogens is 228 g/mol. The second kappa shape index (κ2) is 5.59. The number of nitrogens with zero attached hydrogens (tertiary/aromatic N) is 1. The fourth-order valence-corrected chi connectivity index (χ4v) is 1.11. The minimum Gasteiger partial charge on any atom is -0.481 e. The van der Waals surface area contributed by atoms with Gasteiger partial charge in [0.25, 0.3) is 5.91 Å². The lowest BCUT2D eigenvalue weighted by Crippen LogP contribution is -2.42. The molecule has 1 aromatic heterocycles. The zero-order valence-electron chi connectivity index (χ0n) is 8.66. The SMILES string of the molecule is O=C(O)C[C@@H](NC(=O)c1cccnc1)C(=O)O. The van der Waals surface area contributed by atoms with E-state index in [-0.39, 0.29) is 5.56 Å². The molecule has 0 unspecified atom stereocenters. The number of hydrogen-bond acceptors (Lipinski definition) is 4. The summed E-state index contributed by atoms with van der Waals surface area (Å²) in [4.78, 5) is 36.3. The molecule has 1 heterocycles. The minimum absolute atomic E-state index is 0.170. The Morgan fingerprint density at radius 2 is 2.06 bits per heavy atom. The van der Waals surface area contributed by atoms with Gasteiger partial charge in [-0.1, -0.05) is 0 Å². The van der Waals surface area contributed by atoms with Crippen LogP contribution in [0, 0.1) is 0 Å². The van der Waals surface area contributed by atoms with Crippen LogP contribution < -0.4 is 5.32 Å². The Hall–Kier alpha value is -2.44. The number of pyridine rings is 1. The molecule has 0 aromatic carbocycles. The van der Waals surface area contributed by atoms with Gasteiger partial charge in [-0.05, 0) is 12.1 Å². The third-order valence-electron chi connectivity index (χ3n) is 1.91. The number of hydrogen-bond donors (Lipinski definition) is 3. The highest BCUT2D eigenvalue weighted by Crippen LogP contribution is 1.99. The Morgan fingerprint density at radius 1 is 1.35 bits per heavy atom. The maximum atomic E-state index is 11.5.